The van der Waals surface area contributed by atoms with Crippen LogP contribution >= 0.6 is 22.9 Å². The maximum absolute atomic E-state index is 12.7. The number of hydrogen-bond donors (Lipinski definition) is 3. The van der Waals surface area contributed by atoms with Crippen LogP contribution in [0.3, 0.4) is 0 Å². The summed E-state index contributed by atoms with van der Waals surface area (Å²) in [7, 11) is 0. The summed E-state index contributed by atoms with van der Waals surface area (Å²) in [5, 5.41) is 16.1. The van der Waals surface area contributed by atoms with E-state index < -0.39 is 6.10 Å². The van der Waals surface area contributed by atoms with Crippen molar-refractivity contribution in [3.8, 4) is 0 Å². The summed E-state index contributed by atoms with van der Waals surface area (Å²) in [5.41, 5.74) is 1.38. The number of amides is 3. The van der Waals surface area contributed by atoms with Crippen LogP contribution in [-0.2, 0) is 14.3 Å². The number of halogens is 1. The second kappa shape index (κ2) is 9.99. The van der Waals surface area contributed by atoms with Crippen molar-refractivity contribution in [3.05, 3.63) is 45.6 Å². The topological polar surface area (TPSA) is 108 Å². The number of nitrogens with zero attached hydrogens (tertiary/aromatic N) is 1. The molecule has 170 valence electrons. The number of carbonyl (C=O) groups is 3. The molecule has 4 rings (SSSR count). The average Bonchev–Trinajstić information content (AvgIpc) is 3.39. The fourth-order valence-electron chi connectivity index (χ4n) is 4.04. The Morgan fingerprint density at radius 1 is 1.19 bits per heavy atom. The molecule has 1 aromatic carbocycles. The van der Waals surface area contributed by atoms with Gasteiger partial charge in [0.1, 0.15) is 6.61 Å². The zero-order chi connectivity index (χ0) is 22.7. The van der Waals surface area contributed by atoms with Gasteiger partial charge in [-0.1, -0.05) is 11.6 Å². The van der Waals surface area contributed by atoms with E-state index in [1.807, 2.05) is 0 Å². The largest absolute Gasteiger partial charge is 0.393 e. The van der Waals surface area contributed by atoms with E-state index in [4.69, 9.17) is 16.3 Å². The monoisotopic (exact) mass is 477 g/mol. The number of anilines is 2. The number of benzene rings is 1. The Labute approximate surface area is 194 Å². The van der Waals surface area contributed by atoms with E-state index in [9.17, 15) is 19.5 Å². The third-order valence-corrected chi connectivity index (χ3v) is 7.01. The fourth-order valence-corrected chi connectivity index (χ4v) is 5.00. The van der Waals surface area contributed by atoms with Gasteiger partial charge in [0.05, 0.1) is 21.9 Å². The third kappa shape index (κ3) is 5.29. The molecule has 3 N–H and O–H groups in total. The molecule has 1 aliphatic heterocycles. The van der Waals surface area contributed by atoms with Gasteiger partial charge < -0.3 is 25.4 Å². The molecule has 2 fully saturated rings. The van der Waals surface area contributed by atoms with Crippen LogP contribution in [0.1, 0.15) is 22.5 Å². The van der Waals surface area contributed by atoms with Gasteiger partial charge in [-0.2, -0.15) is 0 Å². The highest BCUT2D eigenvalue weighted by atomic mass is 35.5. The van der Waals surface area contributed by atoms with Gasteiger partial charge in [0.2, 0.25) is 5.91 Å². The van der Waals surface area contributed by atoms with Crippen molar-refractivity contribution < 1.29 is 24.2 Å². The first kappa shape index (κ1) is 22.7. The number of rotatable bonds is 6. The summed E-state index contributed by atoms with van der Waals surface area (Å²) in [6.07, 6.45) is 0.170. The minimum Gasteiger partial charge on any atom is -0.393 e. The Bertz CT molecular complexity index is 996. The van der Waals surface area contributed by atoms with Crippen LogP contribution in [0.2, 0.25) is 4.34 Å². The molecule has 1 saturated carbocycles. The Kier molecular flexibility index (Phi) is 7.10. The van der Waals surface area contributed by atoms with Gasteiger partial charge in [-0.25, -0.2) is 0 Å². The zero-order valence-corrected chi connectivity index (χ0v) is 18.8. The van der Waals surface area contributed by atoms with E-state index in [0.717, 1.165) is 5.69 Å². The predicted octanol–water partition coefficient (Wildman–Crippen LogP) is 2.52. The van der Waals surface area contributed by atoms with E-state index in [1.165, 1.54) is 11.3 Å². The van der Waals surface area contributed by atoms with Crippen molar-refractivity contribution in [2.75, 3.05) is 36.5 Å². The van der Waals surface area contributed by atoms with Crippen molar-refractivity contribution in [2.24, 2.45) is 11.8 Å². The number of aliphatic hydroxyl groups is 1. The Morgan fingerprint density at radius 3 is 2.66 bits per heavy atom. The maximum Gasteiger partial charge on any atom is 0.261 e. The molecule has 3 amide bonds. The van der Waals surface area contributed by atoms with Gasteiger partial charge in [0, 0.05) is 36.3 Å². The molecular formula is C22H24ClN3O5S. The Hall–Kier alpha value is -2.46. The molecule has 1 aliphatic carbocycles. The Morgan fingerprint density at radius 2 is 1.97 bits per heavy atom. The summed E-state index contributed by atoms with van der Waals surface area (Å²) in [4.78, 5) is 39.0. The minimum atomic E-state index is -0.660. The second-order valence-corrected chi connectivity index (χ2v) is 9.66. The molecule has 2 aromatic rings. The maximum atomic E-state index is 12.7. The lowest BCUT2D eigenvalue weighted by Crippen LogP contribution is -2.41. The summed E-state index contributed by atoms with van der Waals surface area (Å²) >= 11 is 7.06. The summed E-state index contributed by atoms with van der Waals surface area (Å²) in [6.45, 7) is 1.37. The van der Waals surface area contributed by atoms with E-state index in [1.54, 1.807) is 41.3 Å². The minimum absolute atomic E-state index is 0.0746. The van der Waals surface area contributed by atoms with Crippen molar-refractivity contribution in [1.82, 2.24) is 5.32 Å². The van der Waals surface area contributed by atoms with Gasteiger partial charge in [-0.05, 0) is 49.2 Å². The fraction of sp³-hybridized carbons (Fsp3) is 0.409. The van der Waals surface area contributed by atoms with E-state index in [0.29, 0.717) is 47.4 Å². The van der Waals surface area contributed by atoms with E-state index in [-0.39, 0.29) is 36.2 Å². The molecular weight excluding hydrogens is 454 g/mol. The van der Waals surface area contributed by atoms with Crippen LogP contribution in [0, 0.1) is 11.8 Å². The van der Waals surface area contributed by atoms with Gasteiger partial charge in [-0.15, -0.1) is 11.3 Å². The zero-order valence-electron chi connectivity index (χ0n) is 17.3. The molecule has 8 nitrogen and oxygen atoms in total. The highest BCUT2D eigenvalue weighted by molar-refractivity contribution is 7.18. The van der Waals surface area contributed by atoms with Gasteiger partial charge >= 0.3 is 0 Å². The molecule has 3 atom stereocenters. The SMILES string of the molecule is O=C(NCC1CC(C(=O)Nc2ccc(N3CCOCC3=O)cc2)CC1O)c1ccc(Cl)s1. The number of hydrogen-bond acceptors (Lipinski definition) is 6. The molecule has 10 heteroatoms. The van der Waals surface area contributed by atoms with Crippen LogP contribution in [0.25, 0.3) is 0 Å². The lowest BCUT2D eigenvalue weighted by molar-refractivity contribution is -0.125. The van der Waals surface area contributed by atoms with Crippen LogP contribution in [0.4, 0.5) is 11.4 Å². The molecule has 32 heavy (non-hydrogen) atoms. The first-order valence-corrected chi connectivity index (χ1v) is 11.6. The van der Waals surface area contributed by atoms with Crippen molar-refractivity contribution in [2.45, 2.75) is 18.9 Å². The Balaban J connectivity index is 1.28. The lowest BCUT2D eigenvalue weighted by atomic mass is 10.0. The molecule has 0 radical (unpaired) electrons. The molecule has 1 saturated heterocycles. The van der Waals surface area contributed by atoms with Gasteiger partial charge in [-0.3, -0.25) is 14.4 Å². The summed E-state index contributed by atoms with van der Waals surface area (Å²) in [6, 6.07) is 10.4. The molecule has 0 spiro atoms. The summed E-state index contributed by atoms with van der Waals surface area (Å²) < 4.78 is 5.68. The second-order valence-electron chi connectivity index (χ2n) is 7.94. The molecule has 0 bridgehead atoms. The van der Waals surface area contributed by atoms with Crippen LogP contribution in [-0.4, -0.2) is 55.2 Å². The van der Waals surface area contributed by atoms with E-state index in [2.05, 4.69) is 10.6 Å². The highest BCUT2D eigenvalue weighted by Crippen LogP contribution is 2.32. The first-order chi connectivity index (χ1) is 15.4. The predicted molar refractivity (Wildman–Crippen MR) is 122 cm³/mol. The third-order valence-electron chi connectivity index (χ3n) is 5.78. The van der Waals surface area contributed by atoms with Crippen LogP contribution in [0.15, 0.2) is 36.4 Å². The van der Waals surface area contributed by atoms with Crippen molar-refractivity contribution >= 4 is 52.0 Å². The standard InChI is InChI=1S/C22H24ClN3O5S/c23-19-6-5-18(32-19)22(30)24-11-14-9-13(10-17(14)27)21(29)25-15-1-3-16(4-2-15)26-7-8-31-12-20(26)28/h1-6,13-14,17,27H,7-12H2,(H,24,30)(H,25,29). The number of thiophene rings is 1. The van der Waals surface area contributed by atoms with Gasteiger partial charge in [0.15, 0.2) is 0 Å². The number of aliphatic hydroxyl groups excluding tert-OH is 1. The normalized spacial score (nSPS) is 23.2. The molecule has 2 heterocycles. The summed E-state index contributed by atoms with van der Waals surface area (Å²) in [5.74, 6) is -1.03. The smallest absolute Gasteiger partial charge is 0.261 e. The lowest BCUT2D eigenvalue weighted by Gasteiger charge is -2.27. The van der Waals surface area contributed by atoms with E-state index >= 15 is 0 Å². The van der Waals surface area contributed by atoms with Crippen LogP contribution < -0.4 is 15.5 Å². The number of ether oxygens (including phenoxy) is 1. The number of morpholine rings is 1. The highest BCUT2D eigenvalue weighted by Gasteiger charge is 2.37. The molecule has 2 aliphatic rings. The molecule has 1 aromatic heterocycles. The van der Waals surface area contributed by atoms with Crippen molar-refractivity contribution in [3.63, 3.8) is 0 Å². The number of nitrogens with one attached hydrogen (secondary N) is 2. The van der Waals surface area contributed by atoms with Gasteiger partial charge in [0.25, 0.3) is 11.8 Å². The first-order valence-electron chi connectivity index (χ1n) is 10.4. The van der Waals surface area contributed by atoms with Crippen LogP contribution in [0.5, 0.6) is 0 Å². The number of carbonyl (C=O) groups excluding carboxylic acids is 3. The average molecular weight is 478 g/mol. The molecule has 3 unspecified atom stereocenters. The van der Waals surface area contributed by atoms with Crippen molar-refractivity contribution in [1.29, 1.82) is 0 Å². The quantitative estimate of drug-likeness (QED) is 0.592.